The number of hydrogen-bond acceptors (Lipinski definition) is 6. The first-order chi connectivity index (χ1) is 32.5. The maximum absolute atomic E-state index is 12.8. The Hall–Kier alpha value is -3.15. The summed E-state index contributed by atoms with van der Waals surface area (Å²) < 4.78 is 16.8. The van der Waals surface area contributed by atoms with Crippen molar-refractivity contribution in [1.82, 2.24) is 0 Å². The minimum absolute atomic E-state index is 0.0913. The molecule has 0 bridgehead atoms. The Balaban J connectivity index is 4.40. The van der Waals surface area contributed by atoms with Crippen molar-refractivity contribution in [3.8, 4) is 0 Å². The molecule has 0 aromatic heterocycles. The van der Waals surface area contributed by atoms with Crippen molar-refractivity contribution in [2.45, 2.75) is 277 Å². The lowest BCUT2D eigenvalue weighted by atomic mass is 10.1. The second-order valence-corrected chi connectivity index (χ2v) is 18.5. The van der Waals surface area contributed by atoms with Gasteiger partial charge in [0.1, 0.15) is 13.2 Å². The van der Waals surface area contributed by atoms with E-state index in [0.717, 1.165) is 109 Å². The molecule has 0 aromatic carbocycles. The second kappa shape index (κ2) is 54.5. The first-order valence-corrected chi connectivity index (χ1v) is 27.9. The average Bonchev–Trinajstić information content (AvgIpc) is 3.31. The lowest BCUT2D eigenvalue weighted by Gasteiger charge is -2.18. The SMILES string of the molecule is CC/C=C\C/C=C\C/C=C\CCCCCC(=O)OCC(COC(=O)CCCCCCCCCCC/C=C\CCCCCCCC)OC(=O)CCCCCCC/C=C\C/C=C\CCCCCC. The van der Waals surface area contributed by atoms with Gasteiger partial charge < -0.3 is 14.2 Å². The van der Waals surface area contributed by atoms with Gasteiger partial charge in [-0.1, -0.05) is 216 Å². The normalized spacial score (nSPS) is 12.6. The van der Waals surface area contributed by atoms with E-state index in [4.69, 9.17) is 14.2 Å². The van der Waals surface area contributed by atoms with E-state index in [9.17, 15) is 14.4 Å². The molecule has 0 heterocycles. The maximum atomic E-state index is 12.8. The Kier molecular flexibility index (Phi) is 51.9. The molecule has 6 nitrogen and oxygen atoms in total. The summed E-state index contributed by atoms with van der Waals surface area (Å²) in [6.45, 7) is 6.48. The largest absolute Gasteiger partial charge is 0.462 e. The zero-order valence-electron chi connectivity index (χ0n) is 43.4. The van der Waals surface area contributed by atoms with Crippen molar-refractivity contribution < 1.29 is 28.6 Å². The van der Waals surface area contributed by atoms with Crippen molar-refractivity contribution in [2.75, 3.05) is 13.2 Å². The van der Waals surface area contributed by atoms with Gasteiger partial charge in [-0.15, -0.1) is 0 Å². The standard InChI is InChI=1S/C60H104O6/c1-4-7-10-13-16-19-22-25-27-29-30-31-33-35-38-41-44-47-50-53-59(62)65-56-57(55-64-58(61)52-49-46-43-40-37-34-24-21-18-15-12-9-6-3)66-60(63)54-51-48-45-42-39-36-32-28-26-23-20-17-14-11-8-5-2/h9,12,18,20-21,23,25,27-28,32,34,37,57H,4-8,10-11,13-17,19,22,24,26,29-31,33,35-36,38-56H2,1-3H3/b12-9-,21-18-,23-20-,27-25-,32-28-,37-34-. The predicted molar refractivity (Wildman–Crippen MR) is 284 cm³/mol. The minimum atomic E-state index is -0.795. The molecule has 66 heavy (non-hydrogen) atoms. The zero-order valence-corrected chi connectivity index (χ0v) is 43.4. The Morgan fingerprint density at radius 1 is 0.318 bits per heavy atom. The fourth-order valence-electron chi connectivity index (χ4n) is 7.72. The predicted octanol–water partition coefficient (Wildman–Crippen LogP) is 18.6. The number of unbranched alkanes of at least 4 members (excludes halogenated alkanes) is 27. The van der Waals surface area contributed by atoms with Gasteiger partial charge in [-0.05, 0) is 109 Å². The molecular formula is C60H104O6. The van der Waals surface area contributed by atoms with Gasteiger partial charge in [-0.3, -0.25) is 14.4 Å². The molecule has 0 N–H and O–H groups in total. The smallest absolute Gasteiger partial charge is 0.306 e. The highest BCUT2D eigenvalue weighted by atomic mass is 16.6. The van der Waals surface area contributed by atoms with Crippen LogP contribution < -0.4 is 0 Å². The van der Waals surface area contributed by atoms with Crippen LogP contribution in [-0.2, 0) is 28.6 Å². The second-order valence-electron chi connectivity index (χ2n) is 18.5. The molecule has 0 amide bonds. The molecule has 0 rings (SSSR count). The first kappa shape index (κ1) is 62.8. The highest BCUT2D eigenvalue weighted by Gasteiger charge is 2.19. The topological polar surface area (TPSA) is 78.9 Å². The Morgan fingerprint density at radius 2 is 0.591 bits per heavy atom. The molecule has 1 unspecified atom stereocenters. The van der Waals surface area contributed by atoms with Gasteiger partial charge in [-0.25, -0.2) is 0 Å². The highest BCUT2D eigenvalue weighted by molar-refractivity contribution is 5.71. The molecule has 0 saturated heterocycles. The molecule has 0 aliphatic rings. The van der Waals surface area contributed by atoms with Gasteiger partial charge in [0.15, 0.2) is 6.10 Å². The van der Waals surface area contributed by atoms with Gasteiger partial charge in [0.2, 0.25) is 0 Å². The van der Waals surface area contributed by atoms with Gasteiger partial charge in [-0.2, -0.15) is 0 Å². The number of carbonyl (C=O) groups is 3. The maximum Gasteiger partial charge on any atom is 0.306 e. The molecule has 0 spiro atoms. The van der Waals surface area contributed by atoms with E-state index in [0.29, 0.717) is 19.3 Å². The summed E-state index contributed by atoms with van der Waals surface area (Å²) in [5.74, 6) is -0.932. The van der Waals surface area contributed by atoms with E-state index in [1.807, 2.05) is 0 Å². The molecule has 0 aliphatic heterocycles. The van der Waals surface area contributed by atoms with Crippen LogP contribution in [0.4, 0.5) is 0 Å². The first-order valence-electron chi connectivity index (χ1n) is 27.9. The summed E-state index contributed by atoms with van der Waals surface area (Å²) in [4.78, 5) is 38.1. The molecule has 380 valence electrons. The molecule has 0 aromatic rings. The number of carbonyl (C=O) groups excluding carboxylic acids is 3. The minimum Gasteiger partial charge on any atom is -0.462 e. The van der Waals surface area contributed by atoms with Crippen LogP contribution in [0.3, 0.4) is 0 Å². The van der Waals surface area contributed by atoms with Crippen LogP contribution in [0, 0.1) is 0 Å². The number of esters is 3. The van der Waals surface area contributed by atoms with Crippen LogP contribution in [0.1, 0.15) is 271 Å². The van der Waals surface area contributed by atoms with E-state index in [1.54, 1.807) is 0 Å². The molecule has 0 saturated carbocycles. The number of ether oxygens (including phenoxy) is 3. The van der Waals surface area contributed by atoms with Crippen molar-refractivity contribution in [1.29, 1.82) is 0 Å². The Bertz CT molecular complexity index is 1240. The third kappa shape index (κ3) is 51.8. The molecule has 0 radical (unpaired) electrons. The summed E-state index contributed by atoms with van der Waals surface area (Å²) in [5, 5.41) is 0. The van der Waals surface area contributed by atoms with Crippen LogP contribution in [-0.4, -0.2) is 37.2 Å². The van der Waals surface area contributed by atoms with Crippen LogP contribution in [0.5, 0.6) is 0 Å². The van der Waals surface area contributed by atoms with Crippen LogP contribution in [0.25, 0.3) is 0 Å². The Labute approximate surface area is 408 Å². The van der Waals surface area contributed by atoms with E-state index >= 15 is 0 Å². The zero-order chi connectivity index (χ0) is 47.9. The van der Waals surface area contributed by atoms with Crippen molar-refractivity contribution >= 4 is 17.9 Å². The summed E-state index contributed by atoms with van der Waals surface area (Å²) in [5.41, 5.74) is 0. The lowest BCUT2D eigenvalue weighted by molar-refractivity contribution is -0.167. The third-order valence-corrected chi connectivity index (χ3v) is 11.9. The van der Waals surface area contributed by atoms with E-state index in [2.05, 4.69) is 93.7 Å². The average molecular weight is 921 g/mol. The lowest BCUT2D eigenvalue weighted by Crippen LogP contribution is -2.30. The third-order valence-electron chi connectivity index (χ3n) is 11.9. The molecule has 1 atom stereocenters. The van der Waals surface area contributed by atoms with E-state index < -0.39 is 6.10 Å². The Morgan fingerprint density at radius 3 is 0.970 bits per heavy atom. The number of rotatable bonds is 50. The van der Waals surface area contributed by atoms with Gasteiger partial charge in [0, 0.05) is 19.3 Å². The van der Waals surface area contributed by atoms with E-state index in [-0.39, 0.29) is 31.1 Å². The highest BCUT2D eigenvalue weighted by Crippen LogP contribution is 2.15. The molecular weight excluding hydrogens is 817 g/mol. The fraction of sp³-hybridized carbons (Fsp3) is 0.750. The number of hydrogen-bond donors (Lipinski definition) is 0. The molecule has 6 heteroatoms. The quantitative estimate of drug-likeness (QED) is 0.0262. The monoisotopic (exact) mass is 921 g/mol. The van der Waals surface area contributed by atoms with E-state index in [1.165, 1.54) is 122 Å². The van der Waals surface area contributed by atoms with Crippen molar-refractivity contribution in [3.05, 3.63) is 72.9 Å². The van der Waals surface area contributed by atoms with Crippen LogP contribution in [0.2, 0.25) is 0 Å². The summed E-state index contributed by atoms with van der Waals surface area (Å²) in [7, 11) is 0. The summed E-state index contributed by atoms with van der Waals surface area (Å²) >= 11 is 0. The fourth-order valence-corrected chi connectivity index (χ4v) is 7.72. The number of allylic oxidation sites excluding steroid dienone is 12. The summed E-state index contributed by atoms with van der Waals surface area (Å²) in [6.07, 6.45) is 68.9. The van der Waals surface area contributed by atoms with Gasteiger partial charge in [0.25, 0.3) is 0 Å². The van der Waals surface area contributed by atoms with Gasteiger partial charge >= 0.3 is 17.9 Å². The molecule has 0 aliphatic carbocycles. The van der Waals surface area contributed by atoms with Crippen LogP contribution >= 0.6 is 0 Å². The molecule has 0 fully saturated rings. The van der Waals surface area contributed by atoms with Crippen molar-refractivity contribution in [3.63, 3.8) is 0 Å². The van der Waals surface area contributed by atoms with Crippen molar-refractivity contribution in [2.24, 2.45) is 0 Å². The van der Waals surface area contributed by atoms with Gasteiger partial charge in [0.05, 0.1) is 0 Å². The van der Waals surface area contributed by atoms with Crippen LogP contribution in [0.15, 0.2) is 72.9 Å². The summed E-state index contributed by atoms with van der Waals surface area (Å²) in [6, 6.07) is 0.